The molecule has 1 aliphatic rings. The fourth-order valence-corrected chi connectivity index (χ4v) is 4.26. The molecule has 6 heteroatoms. The molecule has 1 atom stereocenters. The van der Waals surface area contributed by atoms with E-state index in [2.05, 4.69) is 20.6 Å². The Kier molecular flexibility index (Phi) is 4.04. The normalized spacial score (nSPS) is 15.5. The standard InChI is InChI=1S/C17H24N4OS/c1-9(15(22)21-17(3,4)5)18-14-13-11-7-6-8-12(11)23-16(13)20-10(2)19-14/h9H,6-8H2,1-5H3,(H,21,22)(H,18,19,20)/t9-/m0/s1. The molecule has 1 amide bonds. The van der Waals surface area contributed by atoms with Crippen molar-refractivity contribution in [3.05, 3.63) is 16.3 Å². The fraction of sp³-hybridized carbons (Fsp3) is 0.588. The molecular formula is C17H24N4OS. The zero-order valence-corrected chi connectivity index (χ0v) is 15.2. The van der Waals surface area contributed by atoms with Gasteiger partial charge in [-0.15, -0.1) is 11.3 Å². The number of anilines is 1. The van der Waals surface area contributed by atoms with Gasteiger partial charge in [-0.05, 0) is 59.4 Å². The third kappa shape index (κ3) is 3.32. The molecule has 124 valence electrons. The van der Waals surface area contributed by atoms with Crippen molar-refractivity contribution in [2.75, 3.05) is 5.32 Å². The number of thiophene rings is 1. The minimum absolute atomic E-state index is 0.0196. The van der Waals surface area contributed by atoms with Crippen molar-refractivity contribution in [3.8, 4) is 0 Å². The number of aromatic nitrogens is 2. The maximum absolute atomic E-state index is 12.3. The monoisotopic (exact) mass is 332 g/mol. The van der Waals surface area contributed by atoms with Gasteiger partial charge in [0.05, 0.1) is 5.39 Å². The SMILES string of the molecule is Cc1nc(N[C@@H](C)C(=O)NC(C)(C)C)c2c3c(sc2n1)CCC3. The molecule has 0 saturated heterocycles. The van der Waals surface area contributed by atoms with Crippen molar-refractivity contribution in [1.29, 1.82) is 0 Å². The Morgan fingerprint density at radius 2 is 2.00 bits per heavy atom. The second-order valence-corrected chi connectivity index (χ2v) is 8.35. The lowest BCUT2D eigenvalue weighted by molar-refractivity contribution is -0.122. The van der Waals surface area contributed by atoms with Crippen LogP contribution >= 0.6 is 11.3 Å². The average Bonchev–Trinajstić information content (AvgIpc) is 2.95. The third-order valence-electron chi connectivity index (χ3n) is 3.92. The summed E-state index contributed by atoms with van der Waals surface area (Å²) in [4.78, 5) is 24.0. The largest absolute Gasteiger partial charge is 0.358 e. The van der Waals surface area contributed by atoms with E-state index in [1.165, 1.54) is 16.9 Å². The van der Waals surface area contributed by atoms with Crippen LogP contribution < -0.4 is 10.6 Å². The van der Waals surface area contributed by atoms with Crippen LogP contribution in [0.4, 0.5) is 5.82 Å². The molecule has 0 radical (unpaired) electrons. The molecule has 2 aromatic heterocycles. The maximum Gasteiger partial charge on any atom is 0.242 e. The Morgan fingerprint density at radius 3 is 2.70 bits per heavy atom. The molecule has 0 fully saturated rings. The summed E-state index contributed by atoms with van der Waals surface area (Å²) in [6.07, 6.45) is 3.42. The smallest absolute Gasteiger partial charge is 0.242 e. The molecule has 0 aromatic carbocycles. The molecule has 0 saturated carbocycles. The molecule has 3 rings (SSSR count). The average molecular weight is 332 g/mol. The molecule has 0 bridgehead atoms. The number of nitrogens with zero attached hydrogens (tertiary/aromatic N) is 2. The van der Waals surface area contributed by atoms with E-state index in [9.17, 15) is 4.79 Å². The number of amides is 1. The van der Waals surface area contributed by atoms with E-state index in [1.54, 1.807) is 11.3 Å². The van der Waals surface area contributed by atoms with Crippen LogP contribution in [0.5, 0.6) is 0 Å². The number of fused-ring (bicyclic) bond motifs is 3. The van der Waals surface area contributed by atoms with Gasteiger partial charge in [0.1, 0.15) is 22.5 Å². The van der Waals surface area contributed by atoms with E-state index in [1.807, 2.05) is 34.6 Å². The Morgan fingerprint density at radius 1 is 1.26 bits per heavy atom. The fourth-order valence-electron chi connectivity index (χ4n) is 2.96. The first-order chi connectivity index (χ1) is 10.7. The van der Waals surface area contributed by atoms with Crippen LogP contribution in [0.3, 0.4) is 0 Å². The molecule has 2 heterocycles. The molecule has 0 aliphatic heterocycles. The molecule has 2 aromatic rings. The van der Waals surface area contributed by atoms with Crippen molar-refractivity contribution in [3.63, 3.8) is 0 Å². The highest BCUT2D eigenvalue weighted by Crippen LogP contribution is 2.39. The zero-order chi connectivity index (χ0) is 16.8. The van der Waals surface area contributed by atoms with Gasteiger partial charge in [0.25, 0.3) is 0 Å². The van der Waals surface area contributed by atoms with Gasteiger partial charge in [-0.2, -0.15) is 0 Å². The van der Waals surface area contributed by atoms with Gasteiger partial charge >= 0.3 is 0 Å². The zero-order valence-electron chi connectivity index (χ0n) is 14.4. The number of carbonyl (C=O) groups is 1. The van der Waals surface area contributed by atoms with Gasteiger partial charge in [0.2, 0.25) is 5.91 Å². The molecule has 0 spiro atoms. The topological polar surface area (TPSA) is 66.9 Å². The lowest BCUT2D eigenvalue weighted by atomic mass is 10.1. The predicted octanol–water partition coefficient (Wildman–Crippen LogP) is 3.20. The number of hydrogen-bond donors (Lipinski definition) is 2. The quantitative estimate of drug-likeness (QED) is 0.906. The second-order valence-electron chi connectivity index (χ2n) is 7.26. The summed E-state index contributed by atoms with van der Waals surface area (Å²) in [7, 11) is 0. The summed E-state index contributed by atoms with van der Waals surface area (Å²) in [5.74, 6) is 1.51. The summed E-state index contributed by atoms with van der Waals surface area (Å²) >= 11 is 1.77. The van der Waals surface area contributed by atoms with Crippen molar-refractivity contribution >= 4 is 33.3 Å². The van der Waals surface area contributed by atoms with Gasteiger partial charge in [-0.1, -0.05) is 0 Å². The highest BCUT2D eigenvalue weighted by atomic mass is 32.1. The number of aryl methyl sites for hydroxylation is 3. The summed E-state index contributed by atoms with van der Waals surface area (Å²) in [5.41, 5.74) is 1.13. The predicted molar refractivity (Wildman–Crippen MR) is 95.2 cm³/mol. The third-order valence-corrected chi connectivity index (χ3v) is 5.11. The lowest BCUT2D eigenvalue weighted by Crippen LogP contribution is -2.47. The first-order valence-electron chi connectivity index (χ1n) is 8.12. The number of carbonyl (C=O) groups excluding carboxylic acids is 1. The first-order valence-corrected chi connectivity index (χ1v) is 8.94. The van der Waals surface area contributed by atoms with E-state index in [-0.39, 0.29) is 17.5 Å². The maximum atomic E-state index is 12.3. The molecule has 23 heavy (non-hydrogen) atoms. The Balaban J connectivity index is 1.92. The van der Waals surface area contributed by atoms with Crippen LogP contribution in [-0.4, -0.2) is 27.5 Å². The van der Waals surface area contributed by atoms with E-state index in [4.69, 9.17) is 0 Å². The summed E-state index contributed by atoms with van der Waals surface area (Å²) in [6, 6.07) is -0.344. The van der Waals surface area contributed by atoms with Crippen LogP contribution in [0.25, 0.3) is 10.2 Å². The van der Waals surface area contributed by atoms with E-state index < -0.39 is 0 Å². The number of hydrogen-bond acceptors (Lipinski definition) is 5. The number of rotatable bonds is 3. The van der Waals surface area contributed by atoms with Crippen LogP contribution in [-0.2, 0) is 17.6 Å². The van der Waals surface area contributed by atoms with Crippen LogP contribution in [0.15, 0.2) is 0 Å². The van der Waals surface area contributed by atoms with Gasteiger partial charge in [-0.25, -0.2) is 9.97 Å². The van der Waals surface area contributed by atoms with Gasteiger partial charge in [-0.3, -0.25) is 4.79 Å². The van der Waals surface area contributed by atoms with E-state index in [0.717, 1.165) is 34.7 Å². The Bertz CT molecular complexity index is 760. The van der Waals surface area contributed by atoms with Gasteiger partial charge < -0.3 is 10.6 Å². The molecular weight excluding hydrogens is 308 g/mol. The lowest BCUT2D eigenvalue weighted by Gasteiger charge is -2.24. The first kappa shape index (κ1) is 16.2. The van der Waals surface area contributed by atoms with Crippen LogP contribution in [0, 0.1) is 6.92 Å². The van der Waals surface area contributed by atoms with E-state index in [0.29, 0.717) is 0 Å². The van der Waals surface area contributed by atoms with Crippen molar-refractivity contribution < 1.29 is 4.79 Å². The van der Waals surface area contributed by atoms with Gasteiger partial charge in [0, 0.05) is 10.4 Å². The minimum atomic E-state index is -0.344. The van der Waals surface area contributed by atoms with E-state index >= 15 is 0 Å². The number of nitrogens with one attached hydrogen (secondary N) is 2. The van der Waals surface area contributed by atoms with Gasteiger partial charge in [0.15, 0.2) is 0 Å². The van der Waals surface area contributed by atoms with Crippen LogP contribution in [0.2, 0.25) is 0 Å². The summed E-state index contributed by atoms with van der Waals surface area (Å²) in [5, 5.41) is 7.43. The van der Waals surface area contributed by atoms with Crippen molar-refractivity contribution in [2.45, 2.75) is 65.5 Å². The summed E-state index contributed by atoms with van der Waals surface area (Å²) in [6.45, 7) is 9.72. The molecule has 5 nitrogen and oxygen atoms in total. The molecule has 0 unspecified atom stereocenters. The molecule has 2 N–H and O–H groups in total. The van der Waals surface area contributed by atoms with Crippen LogP contribution in [0.1, 0.15) is 50.4 Å². The summed E-state index contributed by atoms with van der Waals surface area (Å²) < 4.78 is 0. The van der Waals surface area contributed by atoms with Crippen molar-refractivity contribution in [2.24, 2.45) is 0 Å². The second kappa shape index (κ2) is 5.74. The highest BCUT2D eigenvalue weighted by molar-refractivity contribution is 7.19. The Labute approximate surface area is 140 Å². The highest BCUT2D eigenvalue weighted by Gasteiger charge is 2.24. The minimum Gasteiger partial charge on any atom is -0.358 e. The Hall–Kier alpha value is -1.69. The molecule has 1 aliphatic carbocycles. The van der Waals surface area contributed by atoms with Crippen molar-refractivity contribution in [1.82, 2.24) is 15.3 Å².